The average molecular weight is 408 g/mol. The Hall–Kier alpha value is -2.34. The van der Waals surface area contributed by atoms with Crippen molar-refractivity contribution in [3.8, 4) is 11.5 Å². The molecule has 29 heavy (non-hydrogen) atoms. The van der Waals surface area contributed by atoms with Crippen LogP contribution in [0.15, 0.2) is 36.4 Å². The standard InChI is InChI=1S/C23H31F2NO3/c1-2-3-4-5-13-28-20-9-11-23(22(26)16-20)29-14-7-6-12-27-17-18-15-19(24)8-10-21(18)25/h8-11,15-16H,2-7,12-14,17,26H2,1H3. The Morgan fingerprint density at radius 3 is 2.38 bits per heavy atom. The lowest BCUT2D eigenvalue weighted by Crippen LogP contribution is -2.04. The molecule has 4 nitrogen and oxygen atoms in total. The van der Waals surface area contributed by atoms with Crippen molar-refractivity contribution >= 4 is 5.69 Å². The summed E-state index contributed by atoms with van der Waals surface area (Å²) in [4.78, 5) is 0. The fraction of sp³-hybridized carbons (Fsp3) is 0.478. The molecule has 0 aliphatic heterocycles. The van der Waals surface area contributed by atoms with Crippen LogP contribution in [0.3, 0.4) is 0 Å². The lowest BCUT2D eigenvalue weighted by Gasteiger charge is -2.11. The summed E-state index contributed by atoms with van der Waals surface area (Å²) in [6.07, 6.45) is 6.16. The van der Waals surface area contributed by atoms with E-state index in [1.54, 1.807) is 6.07 Å². The second-order valence-electron chi connectivity index (χ2n) is 6.95. The monoisotopic (exact) mass is 407 g/mol. The predicted octanol–water partition coefficient (Wildman–Crippen LogP) is 5.88. The van der Waals surface area contributed by atoms with E-state index in [4.69, 9.17) is 19.9 Å². The maximum absolute atomic E-state index is 13.5. The molecule has 0 radical (unpaired) electrons. The van der Waals surface area contributed by atoms with Crippen LogP contribution in [0, 0.1) is 11.6 Å². The van der Waals surface area contributed by atoms with Crippen LogP contribution in [0.25, 0.3) is 0 Å². The molecule has 2 rings (SSSR count). The van der Waals surface area contributed by atoms with Crippen molar-refractivity contribution in [1.82, 2.24) is 0 Å². The van der Waals surface area contributed by atoms with E-state index in [-0.39, 0.29) is 12.2 Å². The van der Waals surface area contributed by atoms with E-state index in [0.717, 1.165) is 43.2 Å². The van der Waals surface area contributed by atoms with Gasteiger partial charge in [0.15, 0.2) is 0 Å². The molecular weight excluding hydrogens is 376 g/mol. The molecule has 0 saturated heterocycles. The van der Waals surface area contributed by atoms with Gasteiger partial charge in [0.2, 0.25) is 0 Å². The molecule has 0 aliphatic rings. The molecule has 0 saturated carbocycles. The van der Waals surface area contributed by atoms with Gasteiger partial charge in [0.1, 0.15) is 23.1 Å². The van der Waals surface area contributed by atoms with Gasteiger partial charge in [-0.15, -0.1) is 0 Å². The quantitative estimate of drug-likeness (QED) is 0.314. The van der Waals surface area contributed by atoms with Gasteiger partial charge in [-0.3, -0.25) is 0 Å². The number of benzene rings is 2. The number of hydrogen-bond donors (Lipinski definition) is 1. The van der Waals surface area contributed by atoms with Gasteiger partial charge in [-0.1, -0.05) is 26.2 Å². The summed E-state index contributed by atoms with van der Waals surface area (Å²) < 4.78 is 43.4. The van der Waals surface area contributed by atoms with Crippen LogP contribution in [0.5, 0.6) is 11.5 Å². The molecule has 2 N–H and O–H groups in total. The highest BCUT2D eigenvalue weighted by Gasteiger charge is 2.05. The Bertz CT molecular complexity index is 740. The average Bonchev–Trinajstić information content (AvgIpc) is 2.71. The van der Waals surface area contributed by atoms with E-state index in [2.05, 4.69) is 6.92 Å². The summed E-state index contributed by atoms with van der Waals surface area (Å²) in [5.41, 5.74) is 6.80. The summed E-state index contributed by atoms with van der Waals surface area (Å²) in [7, 11) is 0. The molecule has 0 amide bonds. The molecule has 2 aromatic rings. The third kappa shape index (κ3) is 8.69. The van der Waals surface area contributed by atoms with E-state index >= 15 is 0 Å². The first-order valence-corrected chi connectivity index (χ1v) is 10.3. The number of unbranched alkanes of at least 4 members (excludes halogenated alkanes) is 4. The first-order chi connectivity index (χ1) is 14.1. The Labute approximate surface area is 172 Å². The summed E-state index contributed by atoms with van der Waals surface area (Å²) in [5.74, 6) is 0.456. The molecule has 0 aromatic heterocycles. The summed E-state index contributed by atoms with van der Waals surface area (Å²) in [6.45, 7) is 3.87. The molecular formula is C23H31F2NO3. The van der Waals surface area contributed by atoms with Crippen molar-refractivity contribution in [2.24, 2.45) is 0 Å². The fourth-order valence-electron chi connectivity index (χ4n) is 2.79. The van der Waals surface area contributed by atoms with Gasteiger partial charge >= 0.3 is 0 Å². The Morgan fingerprint density at radius 1 is 0.828 bits per heavy atom. The third-order valence-electron chi connectivity index (χ3n) is 4.45. The minimum absolute atomic E-state index is 0.0529. The van der Waals surface area contributed by atoms with Crippen LogP contribution in [-0.2, 0) is 11.3 Å². The zero-order chi connectivity index (χ0) is 20.9. The number of rotatable bonds is 14. The van der Waals surface area contributed by atoms with Gasteiger partial charge < -0.3 is 19.9 Å². The van der Waals surface area contributed by atoms with E-state index in [9.17, 15) is 8.78 Å². The van der Waals surface area contributed by atoms with Crippen molar-refractivity contribution < 1.29 is 23.0 Å². The van der Waals surface area contributed by atoms with Crippen LogP contribution >= 0.6 is 0 Å². The van der Waals surface area contributed by atoms with Crippen LogP contribution in [0.1, 0.15) is 51.0 Å². The Balaban J connectivity index is 1.59. The zero-order valence-electron chi connectivity index (χ0n) is 17.1. The highest BCUT2D eigenvalue weighted by molar-refractivity contribution is 5.56. The van der Waals surface area contributed by atoms with Gasteiger partial charge in [0.05, 0.1) is 25.5 Å². The minimum atomic E-state index is -0.469. The first-order valence-electron chi connectivity index (χ1n) is 10.3. The lowest BCUT2D eigenvalue weighted by atomic mass is 10.2. The normalized spacial score (nSPS) is 10.9. The SMILES string of the molecule is CCCCCCOc1ccc(OCCCCOCc2cc(F)ccc2F)c(N)c1. The van der Waals surface area contributed by atoms with Gasteiger partial charge in [-0.05, 0) is 49.6 Å². The maximum atomic E-state index is 13.5. The molecule has 160 valence electrons. The molecule has 0 bridgehead atoms. The van der Waals surface area contributed by atoms with Crippen molar-refractivity contribution in [1.29, 1.82) is 0 Å². The van der Waals surface area contributed by atoms with Crippen molar-refractivity contribution in [3.05, 3.63) is 53.6 Å². The summed E-state index contributed by atoms with van der Waals surface area (Å²) in [6, 6.07) is 8.82. The molecule has 0 atom stereocenters. The molecule has 0 unspecified atom stereocenters. The number of halogens is 2. The van der Waals surface area contributed by atoms with Crippen molar-refractivity contribution in [2.75, 3.05) is 25.6 Å². The van der Waals surface area contributed by atoms with E-state index in [0.29, 0.717) is 31.3 Å². The second-order valence-corrected chi connectivity index (χ2v) is 6.95. The molecule has 0 heterocycles. The van der Waals surface area contributed by atoms with Crippen LogP contribution in [0.4, 0.5) is 14.5 Å². The molecule has 2 aromatic carbocycles. The number of anilines is 1. The summed E-state index contributed by atoms with van der Waals surface area (Å²) >= 11 is 0. The maximum Gasteiger partial charge on any atom is 0.142 e. The molecule has 0 fully saturated rings. The van der Waals surface area contributed by atoms with Gasteiger partial charge in [-0.25, -0.2) is 8.78 Å². The van der Waals surface area contributed by atoms with Crippen LogP contribution in [0.2, 0.25) is 0 Å². The van der Waals surface area contributed by atoms with Gasteiger partial charge in [0, 0.05) is 18.2 Å². The number of nitrogen functional groups attached to an aromatic ring is 1. The Morgan fingerprint density at radius 2 is 1.59 bits per heavy atom. The third-order valence-corrected chi connectivity index (χ3v) is 4.45. The number of hydrogen-bond acceptors (Lipinski definition) is 4. The summed E-state index contributed by atoms with van der Waals surface area (Å²) in [5, 5.41) is 0. The van der Waals surface area contributed by atoms with Crippen molar-refractivity contribution in [2.45, 2.75) is 52.1 Å². The molecule has 6 heteroatoms. The Kier molecular flexibility index (Phi) is 10.3. The number of nitrogens with two attached hydrogens (primary N) is 1. The highest BCUT2D eigenvalue weighted by Crippen LogP contribution is 2.26. The van der Waals surface area contributed by atoms with E-state index in [1.807, 2.05) is 12.1 Å². The topological polar surface area (TPSA) is 53.7 Å². The van der Waals surface area contributed by atoms with Crippen molar-refractivity contribution in [3.63, 3.8) is 0 Å². The fourth-order valence-corrected chi connectivity index (χ4v) is 2.79. The lowest BCUT2D eigenvalue weighted by molar-refractivity contribution is 0.111. The van der Waals surface area contributed by atoms with Gasteiger partial charge in [0.25, 0.3) is 0 Å². The first kappa shape index (κ1) is 22.9. The minimum Gasteiger partial charge on any atom is -0.494 e. The second kappa shape index (κ2) is 13.0. The molecule has 0 spiro atoms. The van der Waals surface area contributed by atoms with E-state index < -0.39 is 11.6 Å². The smallest absolute Gasteiger partial charge is 0.142 e. The van der Waals surface area contributed by atoms with E-state index in [1.165, 1.54) is 19.3 Å². The van der Waals surface area contributed by atoms with Crippen LogP contribution < -0.4 is 15.2 Å². The highest BCUT2D eigenvalue weighted by atomic mass is 19.1. The number of ether oxygens (including phenoxy) is 3. The zero-order valence-corrected chi connectivity index (χ0v) is 17.1. The predicted molar refractivity (Wildman–Crippen MR) is 111 cm³/mol. The largest absolute Gasteiger partial charge is 0.494 e. The molecule has 0 aliphatic carbocycles. The van der Waals surface area contributed by atoms with Gasteiger partial charge in [-0.2, -0.15) is 0 Å². The van der Waals surface area contributed by atoms with Crippen LogP contribution in [-0.4, -0.2) is 19.8 Å².